The zero-order chi connectivity index (χ0) is 18.9. The van der Waals surface area contributed by atoms with Gasteiger partial charge in [0.2, 0.25) is 5.91 Å². The highest BCUT2D eigenvalue weighted by Crippen LogP contribution is 2.23. The van der Waals surface area contributed by atoms with Crippen molar-refractivity contribution in [2.75, 3.05) is 19.6 Å². The highest BCUT2D eigenvalue weighted by molar-refractivity contribution is 6.30. The van der Waals surface area contributed by atoms with Gasteiger partial charge in [0.25, 0.3) is 5.91 Å². The van der Waals surface area contributed by atoms with Crippen molar-refractivity contribution < 1.29 is 23.5 Å². The van der Waals surface area contributed by atoms with Crippen molar-refractivity contribution in [1.29, 1.82) is 0 Å². The smallest absolute Gasteiger partial charge is 0.270 e. The summed E-state index contributed by atoms with van der Waals surface area (Å²) in [6, 6.07) is 4.36. The number of β-amino-alcohol motifs (C(OH)–C–C–N with tert-alkyl or cyclic N) is 1. The van der Waals surface area contributed by atoms with Gasteiger partial charge in [0, 0.05) is 18.3 Å². The second-order valence-electron chi connectivity index (χ2n) is 6.31. The van der Waals surface area contributed by atoms with Crippen molar-refractivity contribution in [2.24, 2.45) is 0 Å². The zero-order valence-electron chi connectivity index (χ0n) is 13.6. The average molecular weight is 384 g/mol. The first-order valence-corrected chi connectivity index (χ1v) is 8.20. The fourth-order valence-corrected chi connectivity index (χ4v) is 2.92. The number of nitrogens with zero attached hydrogens (tertiary/aromatic N) is 1. The molecule has 0 aliphatic carbocycles. The molecule has 1 aromatic carbocycles. The molecule has 2 amide bonds. The maximum Gasteiger partial charge on any atom is 0.270 e. The minimum atomic E-state index is -1.26. The molecule has 0 unspecified atom stereocenters. The number of aromatic amines is 1. The van der Waals surface area contributed by atoms with E-state index in [0.717, 1.165) is 18.2 Å². The number of carbonyl (C=O) groups excluding carboxylic acids is 2. The Morgan fingerprint density at radius 1 is 1.31 bits per heavy atom. The Morgan fingerprint density at radius 3 is 2.69 bits per heavy atom. The second kappa shape index (κ2) is 7.05. The molecule has 0 atom stereocenters. The minimum Gasteiger partial charge on any atom is -0.384 e. The predicted molar refractivity (Wildman–Crippen MR) is 89.7 cm³/mol. The molecular weight excluding hydrogens is 368 g/mol. The molecule has 9 heteroatoms. The summed E-state index contributed by atoms with van der Waals surface area (Å²) >= 11 is 5.75. The van der Waals surface area contributed by atoms with Crippen LogP contribution in [0.25, 0.3) is 0 Å². The summed E-state index contributed by atoms with van der Waals surface area (Å²) in [4.78, 5) is 28.2. The number of aliphatic hydroxyl groups is 1. The summed E-state index contributed by atoms with van der Waals surface area (Å²) in [5.74, 6) is -2.17. The van der Waals surface area contributed by atoms with Gasteiger partial charge in [0.05, 0.1) is 24.5 Å². The molecule has 2 heterocycles. The number of aromatic nitrogens is 1. The number of benzene rings is 1. The standard InChI is InChI=1S/C17H16ClF2N3O3/c18-11-5-14(21-6-11)16(25)23-8-17(26,9-23)7-22-15(24)4-10-3-12(19)1-2-13(10)20/h1-3,5-6,21,26H,4,7-9H2,(H,22,24). The summed E-state index contributed by atoms with van der Waals surface area (Å²) in [7, 11) is 0. The summed E-state index contributed by atoms with van der Waals surface area (Å²) in [5, 5.41) is 13.2. The number of nitrogens with one attached hydrogen (secondary N) is 2. The van der Waals surface area contributed by atoms with E-state index in [1.165, 1.54) is 17.2 Å². The van der Waals surface area contributed by atoms with Gasteiger partial charge in [-0.15, -0.1) is 0 Å². The van der Waals surface area contributed by atoms with Gasteiger partial charge in [-0.3, -0.25) is 9.59 Å². The van der Waals surface area contributed by atoms with Gasteiger partial charge in [-0.25, -0.2) is 8.78 Å². The predicted octanol–water partition coefficient (Wildman–Crippen LogP) is 1.49. The van der Waals surface area contributed by atoms with Crippen molar-refractivity contribution in [1.82, 2.24) is 15.2 Å². The van der Waals surface area contributed by atoms with Crippen LogP contribution in [0.1, 0.15) is 16.1 Å². The number of hydrogen-bond acceptors (Lipinski definition) is 3. The van der Waals surface area contributed by atoms with Crippen LogP contribution in [0.5, 0.6) is 0 Å². The van der Waals surface area contributed by atoms with E-state index in [2.05, 4.69) is 10.3 Å². The van der Waals surface area contributed by atoms with Gasteiger partial charge >= 0.3 is 0 Å². The quantitative estimate of drug-likeness (QED) is 0.731. The average Bonchev–Trinajstić information content (AvgIpc) is 2.99. The number of hydrogen-bond donors (Lipinski definition) is 3. The van der Waals surface area contributed by atoms with Gasteiger partial charge < -0.3 is 20.3 Å². The van der Waals surface area contributed by atoms with Crippen LogP contribution in [-0.4, -0.2) is 52.0 Å². The Kier molecular flexibility index (Phi) is 4.97. The molecule has 0 saturated carbocycles. The SMILES string of the molecule is O=C(Cc1cc(F)ccc1F)NCC1(O)CN(C(=O)c2cc(Cl)c[nH]2)C1. The van der Waals surface area contributed by atoms with E-state index in [4.69, 9.17) is 11.6 Å². The fourth-order valence-electron chi connectivity index (χ4n) is 2.76. The number of amides is 2. The molecule has 3 N–H and O–H groups in total. The summed E-state index contributed by atoms with van der Waals surface area (Å²) < 4.78 is 26.6. The Balaban J connectivity index is 1.48. The molecule has 1 aliphatic rings. The lowest BCUT2D eigenvalue weighted by Gasteiger charge is -2.46. The monoisotopic (exact) mass is 383 g/mol. The third-order valence-corrected chi connectivity index (χ3v) is 4.33. The van der Waals surface area contributed by atoms with E-state index in [9.17, 15) is 23.5 Å². The van der Waals surface area contributed by atoms with Crippen LogP contribution in [0.15, 0.2) is 30.5 Å². The highest BCUT2D eigenvalue weighted by Gasteiger charge is 2.44. The van der Waals surface area contributed by atoms with Crippen LogP contribution in [0.2, 0.25) is 5.02 Å². The largest absolute Gasteiger partial charge is 0.384 e. The molecule has 0 spiro atoms. The maximum absolute atomic E-state index is 13.5. The van der Waals surface area contributed by atoms with Crippen LogP contribution in [-0.2, 0) is 11.2 Å². The van der Waals surface area contributed by atoms with E-state index in [0.29, 0.717) is 10.7 Å². The molecule has 1 saturated heterocycles. The van der Waals surface area contributed by atoms with Crippen LogP contribution >= 0.6 is 11.6 Å². The van der Waals surface area contributed by atoms with Crippen molar-refractivity contribution in [2.45, 2.75) is 12.0 Å². The second-order valence-corrected chi connectivity index (χ2v) is 6.74. The first-order valence-electron chi connectivity index (χ1n) is 7.82. The van der Waals surface area contributed by atoms with Gasteiger partial charge in [-0.05, 0) is 24.3 Å². The maximum atomic E-state index is 13.5. The molecule has 0 bridgehead atoms. The lowest BCUT2D eigenvalue weighted by atomic mass is 9.93. The molecule has 1 aromatic heterocycles. The van der Waals surface area contributed by atoms with Crippen LogP contribution in [0, 0.1) is 11.6 Å². The Labute approximate surface area is 152 Å². The molecule has 1 aliphatic heterocycles. The van der Waals surface area contributed by atoms with E-state index >= 15 is 0 Å². The van der Waals surface area contributed by atoms with E-state index in [1.54, 1.807) is 0 Å². The lowest BCUT2D eigenvalue weighted by Crippen LogP contribution is -2.67. The third-order valence-electron chi connectivity index (χ3n) is 4.11. The summed E-state index contributed by atoms with van der Waals surface area (Å²) in [6.07, 6.45) is 1.13. The molecule has 138 valence electrons. The third kappa shape index (κ3) is 4.03. The van der Waals surface area contributed by atoms with Gasteiger partial charge in [0.15, 0.2) is 0 Å². The Bertz CT molecular complexity index is 850. The van der Waals surface area contributed by atoms with Crippen LogP contribution in [0.3, 0.4) is 0 Å². The van der Waals surface area contributed by atoms with Gasteiger partial charge in [-0.2, -0.15) is 0 Å². The number of rotatable bonds is 5. The molecule has 1 fully saturated rings. The Hall–Kier alpha value is -2.45. The lowest BCUT2D eigenvalue weighted by molar-refractivity contribution is -0.124. The van der Waals surface area contributed by atoms with E-state index < -0.39 is 23.1 Å². The topological polar surface area (TPSA) is 85.4 Å². The fraction of sp³-hybridized carbons (Fsp3) is 0.294. The minimum absolute atomic E-state index is 0.0388. The van der Waals surface area contributed by atoms with Crippen molar-refractivity contribution in [3.63, 3.8) is 0 Å². The molecule has 26 heavy (non-hydrogen) atoms. The zero-order valence-corrected chi connectivity index (χ0v) is 14.3. The normalized spacial score (nSPS) is 15.5. The number of H-pyrrole nitrogens is 1. The first-order chi connectivity index (χ1) is 12.3. The summed E-state index contributed by atoms with van der Waals surface area (Å²) in [5.41, 5.74) is -1.02. The van der Waals surface area contributed by atoms with Crippen LogP contribution < -0.4 is 5.32 Å². The number of carbonyl (C=O) groups is 2. The molecule has 6 nitrogen and oxygen atoms in total. The van der Waals surface area contributed by atoms with E-state index in [1.807, 2.05) is 0 Å². The van der Waals surface area contributed by atoms with Crippen molar-refractivity contribution in [3.05, 3.63) is 58.4 Å². The molecule has 2 aromatic rings. The van der Waals surface area contributed by atoms with E-state index in [-0.39, 0.29) is 37.5 Å². The van der Waals surface area contributed by atoms with Gasteiger partial charge in [0.1, 0.15) is 22.9 Å². The van der Waals surface area contributed by atoms with Crippen molar-refractivity contribution in [3.8, 4) is 0 Å². The summed E-state index contributed by atoms with van der Waals surface area (Å²) in [6.45, 7) is -0.0216. The molecule has 0 radical (unpaired) electrons. The molecule has 3 rings (SSSR count). The van der Waals surface area contributed by atoms with Crippen molar-refractivity contribution >= 4 is 23.4 Å². The highest BCUT2D eigenvalue weighted by atomic mass is 35.5. The Morgan fingerprint density at radius 2 is 2.04 bits per heavy atom. The first kappa shape index (κ1) is 18.3. The van der Waals surface area contributed by atoms with Crippen LogP contribution in [0.4, 0.5) is 8.78 Å². The number of halogens is 3. The van der Waals surface area contributed by atoms with Gasteiger partial charge in [-0.1, -0.05) is 11.6 Å². The molecular formula is C17H16ClF2N3O3. The number of likely N-dealkylation sites (tertiary alicyclic amines) is 1.